The molecular formula is C11H17NOS. The second-order valence-electron chi connectivity index (χ2n) is 3.21. The SMILES string of the molecule is COc1cccc(SC)c1C(C)CN. The minimum Gasteiger partial charge on any atom is -0.496 e. The van der Waals surface area contributed by atoms with Crippen LogP contribution in [-0.2, 0) is 0 Å². The zero-order valence-corrected chi connectivity index (χ0v) is 9.73. The molecule has 0 amide bonds. The number of hydrogen-bond donors (Lipinski definition) is 1. The van der Waals surface area contributed by atoms with Crippen molar-refractivity contribution in [1.82, 2.24) is 0 Å². The van der Waals surface area contributed by atoms with E-state index in [1.807, 2.05) is 12.1 Å². The normalized spacial score (nSPS) is 12.6. The summed E-state index contributed by atoms with van der Waals surface area (Å²) in [7, 11) is 1.70. The molecule has 1 aromatic rings. The summed E-state index contributed by atoms with van der Waals surface area (Å²) in [5.74, 6) is 1.28. The summed E-state index contributed by atoms with van der Waals surface area (Å²) >= 11 is 1.73. The quantitative estimate of drug-likeness (QED) is 0.777. The molecule has 0 saturated heterocycles. The average Bonchev–Trinajstić information content (AvgIpc) is 2.26. The highest BCUT2D eigenvalue weighted by Crippen LogP contribution is 2.34. The second kappa shape index (κ2) is 5.27. The van der Waals surface area contributed by atoms with Gasteiger partial charge in [0.05, 0.1) is 7.11 Å². The third-order valence-corrected chi connectivity index (χ3v) is 3.11. The summed E-state index contributed by atoms with van der Waals surface area (Å²) in [5.41, 5.74) is 6.91. The monoisotopic (exact) mass is 211 g/mol. The van der Waals surface area contributed by atoms with E-state index in [9.17, 15) is 0 Å². The first-order chi connectivity index (χ1) is 6.74. The van der Waals surface area contributed by atoms with Crippen LogP contribution in [0.4, 0.5) is 0 Å². The number of benzene rings is 1. The second-order valence-corrected chi connectivity index (χ2v) is 4.06. The Balaban J connectivity index is 3.18. The molecular weight excluding hydrogens is 194 g/mol. The number of hydrogen-bond acceptors (Lipinski definition) is 3. The maximum absolute atomic E-state index is 5.69. The van der Waals surface area contributed by atoms with E-state index in [-0.39, 0.29) is 0 Å². The van der Waals surface area contributed by atoms with E-state index in [4.69, 9.17) is 10.5 Å². The van der Waals surface area contributed by atoms with Crippen molar-refractivity contribution in [2.75, 3.05) is 19.9 Å². The van der Waals surface area contributed by atoms with Crippen molar-refractivity contribution in [3.05, 3.63) is 23.8 Å². The van der Waals surface area contributed by atoms with Gasteiger partial charge in [-0.2, -0.15) is 0 Å². The standard InChI is InChI=1S/C11H17NOS/c1-8(7-12)11-9(13-2)5-4-6-10(11)14-3/h4-6,8H,7,12H2,1-3H3. The fourth-order valence-corrected chi connectivity index (χ4v) is 2.22. The third-order valence-electron chi connectivity index (χ3n) is 2.31. The van der Waals surface area contributed by atoms with Crippen LogP contribution in [0, 0.1) is 0 Å². The lowest BCUT2D eigenvalue weighted by atomic mass is 10.0. The zero-order valence-electron chi connectivity index (χ0n) is 8.91. The molecule has 2 N–H and O–H groups in total. The van der Waals surface area contributed by atoms with Crippen molar-refractivity contribution >= 4 is 11.8 Å². The molecule has 0 aliphatic carbocycles. The number of ether oxygens (including phenoxy) is 1. The number of nitrogens with two attached hydrogens (primary N) is 1. The number of methoxy groups -OCH3 is 1. The highest BCUT2D eigenvalue weighted by Gasteiger charge is 2.13. The lowest BCUT2D eigenvalue weighted by Gasteiger charge is -2.17. The van der Waals surface area contributed by atoms with Gasteiger partial charge in [-0.25, -0.2) is 0 Å². The van der Waals surface area contributed by atoms with Crippen molar-refractivity contribution in [3.8, 4) is 5.75 Å². The minimum absolute atomic E-state index is 0.341. The minimum atomic E-state index is 0.341. The van der Waals surface area contributed by atoms with E-state index in [0.29, 0.717) is 12.5 Å². The van der Waals surface area contributed by atoms with Crippen molar-refractivity contribution in [2.45, 2.75) is 17.7 Å². The summed E-state index contributed by atoms with van der Waals surface area (Å²) in [6.45, 7) is 2.77. The van der Waals surface area contributed by atoms with E-state index in [0.717, 1.165) is 5.75 Å². The molecule has 0 radical (unpaired) electrons. The van der Waals surface area contributed by atoms with Gasteiger partial charge < -0.3 is 10.5 Å². The van der Waals surface area contributed by atoms with E-state index in [1.54, 1.807) is 18.9 Å². The molecule has 0 spiro atoms. The molecule has 14 heavy (non-hydrogen) atoms. The molecule has 0 aliphatic rings. The highest BCUT2D eigenvalue weighted by molar-refractivity contribution is 7.98. The van der Waals surface area contributed by atoms with Crippen molar-refractivity contribution in [3.63, 3.8) is 0 Å². The van der Waals surface area contributed by atoms with E-state index in [1.165, 1.54) is 10.5 Å². The van der Waals surface area contributed by atoms with Crippen molar-refractivity contribution in [1.29, 1.82) is 0 Å². The Morgan fingerprint density at radius 3 is 2.71 bits per heavy atom. The maximum atomic E-state index is 5.69. The Hall–Kier alpha value is -0.670. The first-order valence-corrected chi connectivity index (χ1v) is 5.88. The fourth-order valence-electron chi connectivity index (χ4n) is 1.48. The Kier molecular flexibility index (Phi) is 4.29. The average molecular weight is 211 g/mol. The van der Waals surface area contributed by atoms with Gasteiger partial charge in [-0.3, -0.25) is 0 Å². The largest absolute Gasteiger partial charge is 0.496 e. The summed E-state index contributed by atoms with van der Waals surface area (Å²) in [4.78, 5) is 1.25. The van der Waals surface area contributed by atoms with E-state index in [2.05, 4.69) is 19.2 Å². The van der Waals surface area contributed by atoms with Gasteiger partial charge in [0.15, 0.2) is 0 Å². The van der Waals surface area contributed by atoms with Crippen LogP contribution in [0.15, 0.2) is 23.1 Å². The molecule has 1 unspecified atom stereocenters. The predicted molar refractivity (Wildman–Crippen MR) is 62.2 cm³/mol. The van der Waals surface area contributed by atoms with Gasteiger partial charge in [-0.1, -0.05) is 13.0 Å². The first-order valence-electron chi connectivity index (χ1n) is 4.65. The van der Waals surface area contributed by atoms with Crippen LogP contribution in [0.25, 0.3) is 0 Å². The molecule has 0 fully saturated rings. The van der Waals surface area contributed by atoms with Crippen LogP contribution in [0.2, 0.25) is 0 Å². The number of thioether (sulfide) groups is 1. The number of rotatable bonds is 4. The van der Waals surface area contributed by atoms with Crippen molar-refractivity contribution in [2.24, 2.45) is 5.73 Å². The van der Waals surface area contributed by atoms with Crippen LogP contribution in [0.3, 0.4) is 0 Å². The summed E-state index contributed by atoms with van der Waals surface area (Å²) in [5, 5.41) is 0. The molecule has 78 valence electrons. The molecule has 2 nitrogen and oxygen atoms in total. The Bertz CT molecular complexity index is 279. The van der Waals surface area contributed by atoms with Crippen molar-refractivity contribution < 1.29 is 4.74 Å². The third kappa shape index (κ3) is 2.22. The maximum Gasteiger partial charge on any atom is 0.123 e. The van der Waals surface area contributed by atoms with Gasteiger partial charge in [-0.15, -0.1) is 11.8 Å². The van der Waals surface area contributed by atoms with E-state index >= 15 is 0 Å². The van der Waals surface area contributed by atoms with Gasteiger partial charge in [0.25, 0.3) is 0 Å². The highest BCUT2D eigenvalue weighted by atomic mass is 32.2. The first kappa shape index (κ1) is 11.4. The zero-order chi connectivity index (χ0) is 10.6. The van der Waals surface area contributed by atoms with Crippen LogP contribution in [0.1, 0.15) is 18.4 Å². The van der Waals surface area contributed by atoms with Gasteiger partial charge in [-0.05, 0) is 30.9 Å². The molecule has 0 aromatic heterocycles. The summed E-state index contributed by atoms with van der Waals surface area (Å²) in [6.07, 6.45) is 2.07. The van der Waals surface area contributed by atoms with Gasteiger partial charge in [0, 0.05) is 10.5 Å². The van der Waals surface area contributed by atoms with Crippen LogP contribution < -0.4 is 10.5 Å². The van der Waals surface area contributed by atoms with Gasteiger partial charge in [0.2, 0.25) is 0 Å². The Labute approximate surface area is 89.8 Å². The molecule has 1 rings (SSSR count). The van der Waals surface area contributed by atoms with E-state index < -0.39 is 0 Å². The lowest BCUT2D eigenvalue weighted by Crippen LogP contribution is -2.11. The molecule has 1 atom stereocenters. The topological polar surface area (TPSA) is 35.2 Å². The molecule has 3 heteroatoms. The fraction of sp³-hybridized carbons (Fsp3) is 0.455. The smallest absolute Gasteiger partial charge is 0.123 e. The summed E-state index contributed by atoms with van der Waals surface area (Å²) < 4.78 is 5.34. The lowest BCUT2D eigenvalue weighted by molar-refractivity contribution is 0.405. The van der Waals surface area contributed by atoms with Gasteiger partial charge in [0.1, 0.15) is 5.75 Å². The predicted octanol–water partition coefficient (Wildman–Crippen LogP) is 2.48. The Morgan fingerprint density at radius 1 is 1.50 bits per heavy atom. The molecule has 0 bridgehead atoms. The molecule has 0 saturated carbocycles. The Morgan fingerprint density at radius 2 is 2.21 bits per heavy atom. The van der Waals surface area contributed by atoms with Crippen LogP contribution in [-0.4, -0.2) is 19.9 Å². The molecule has 1 aromatic carbocycles. The van der Waals surface area contributed by atoms with Crippen LogP contribution >= 0.6 is 11.8 Å². The van der Waals surface area contributed by atoms with Gasteiger partial charge >= 0.3 is 0 Å². The molecule has 0 heterocycles. The van der Waals surface area contributed by atoms with Crippen LogP contribution in [0.5, 0.6) is 5.75 Å². The molecule has 0 aliphatic heterocycles. The summed E-state index contributed by atoms with van der Waals surface area (Å²) in [6, 6.07) is 6.10.